The Morgan fingerprint density at radius 2 is 1.67 bits per heavy atom. The van der Waals surface area contributed by atoms with E-state index in [4.69, 9.17) is 9.47 Å². The topological polar surface area (TPSA) is 73.9 Å². The van der Waals surface area contributed by atoms with Crippen LogP contribution in [0.5, 0.6) is 11.5 Å². The number of amides is 1. The first-order valence-electron chi connectivity index (χ1n) is 5.20. The van der Waals surface area contributed by atoms with Crippen LogP contribution in [0.3, 0.4) is 0 Å². The molecule has 18 heavy (non-hydrogen) atoms. The molecule has 1 N–H and O–H groups in total. The molecule has 0 aliphatic carbocycles. The molecule has 6 nitrogen and oxygen atoms in total. The number of carbonyl (C=O) groups is 2. The fourth-order valence-electron chi connectivity index (χ4n) is 1.39. The van der Waals surface area contributed by atoms with Gasteiger partial charge in [-0.05, 0) is 12.1 Å². The predicted octanol–water partition coefficient (Wildman–Crippen LogP) is 0.607. The highest BCUT2D eigenvalue weighted by Gasteiger charge is 2.18. The summed E-state index contributed by atoms with van der Waals surface area (Å²) in [5.74, 6) is -0.250. The Balaban J connectivity index is 2.93. The van der Waals surface area contributed by atoms with Crippen LogP contribution >= 0.6 is 0 Å². The molecule has 0 aliphatic rings. The molecular formula is C12H15NO5. The monoisotopic (exact) mass is 253 g/mol. The number of benzene rings is 1. The van der Waals surface area contributed by atoms with Crippen LogP contribution in [0.1, 0.15) is 10.4 Å². The first-order valence-corrected chi connectivity index (χ1v) is 5.20. The van der Waals surface area contributed by atoms with E-state index in [-0.39, 0.29) is 12.1 Å². The minimum atomic E-state index is -0.530. The van der Waals surface area contributed by atoms with E-state index in [0.29, 0.717) is 11.5 Å². The highest BCUT2D eigenvalue weighted by Crippen LogP contribution is 2.27. The summed E-state index contributed by atoms with van der Waals surface area (Å²) in [7, 11) is 4.15. The fraction of sp³-hybridized carbons (Fsp3) is 0.333. The third-order valence-electron chi connectivity index (χ3n) is 2.28. The Morgan fingerprint density at radius 1 is 1.11 bits per heavy atom. The number of ether oxygens (including phenoxy) is 3. The molecule has 1 aromatic carbocycles. The van der Waals surface area contributed by atoms with Gasteiger partial charge < -0.3 is 19.5 Å². The lowest BCUT2D eigenvalue weighted by Gasteiger charge is -2.12. The first-order chi connectivity index (χ1) is 8.63. The molecule has 6 heteroatoms. The van der Waals surface area contributed by atoms with E-state index in [1.165, 1.54) is 21.3 Å². The van der Waals surface area contributed by atoms with Gasteiger partial charge in [0.15, 0.2) is 0 Å². The molecular weight excluding hydrogens is 238 g/mol. The molecule has 0 radical (unpaired) electrons. The second-order valence-electron chi connectivity index (χ2n) is 3.30. The SMILES string of the molecule is COC(=O)CNC(=O)c1c(OC)cccc1OC. The fourth-order valence-corrected chi connectivity index (χ4v) is 1.39. The minimum absolute atomic E-state index is 0.212. The third kappa shape index (κ3) is 3.13. The van der Waals surface area contributed by atoms with E-state index in [0.717, 1.165) is 0 Å². The molecule has 0 bridgehead atoms. The van der Waals surface area contributed by atoms with Crippen molar-refractivity contribution in [2.45, 2.75) is 0 Å². The van der Waals surface area contributed by atoms with Gasteiger partial charge in [-0.3, -0.25) is 9.59 Å². The van der Waals surface area contributed by atoms with Gasteiger partial charge in [0.05, 0.1) is 21.3 Å². The summed E-state index contributed by atoms with van der Waals surface area (Å²) in [6, 6.07) is 4.97. The van der Waals surface area contributed by atoms with Crippen LogP contribution in [0.25, 0.3) is 0 Å². The van der Waals surface area contributed by atoms with Crippen molar-refractivity contribution in [1.29, 1.82) is 0 Å². The Hall–Kier alpha value is -2.24. The van der Waals surface area contributed by atoms with Crippen molar-refractivity contribution in [2.75, 3.05) is 27.9 Å². The second kappa shape index (κ2) is 6.48. The van der Waals surface area contributed by atoms with Crippen molar-refractivity contribution in [3.05, 3.63) is 23.8 Å². The number of esters is 1. The molecule has 0 heterocycles. The van der Waals surface area contributed by atoms with Crippen molar-refractivity contribution in [3.8, 4) is 11.5 Å². The van der Waals surface area contributed by atoms with E-state index in [1.54, 1.807) is 18.2 Å². The van der Waals surface area contributed by atoms with Crippen LogP contribution in [0.15, 0.2) is 18.2 Å². The summed E-state index contributed by atoms with van der Waals surface area (Å²) in [5, 5.41) is 2.43. The zero-order chi connectivity index (χ0) is 13.5. The van der Waals surface area contributed by atoms with Gasteiger partial charge in [-0.25, -0.2) is 0 Å². The third-order valence-corrected chi connectivity index (χ3v) is 2.28. The number of rotatable bonds is 5. The average molecular weight is 253 g/mol. The molecule has 1 aromatic rings. The maximum Gasteiger partial charge on any atom is 0.325 e. The van der Waals surface area contributed by atoms with Gasteiger partial charge in [-0.1, -0.05) is 6.07 Å². The molecule has 0 aliphatic heterocycles. The number of methoxy groups -OCH3 is 3. The normalized spacial score (nSPS) is 9.50. The lowest BCUT2D eigenvalue weighted by molar-refractivity contribution is -0.139. The van der Waals surface area contributed by atoms with Crippen molar-refractivity contribution < 1.29 is 23.8 Å². The van der Waals surface area contributed by atoms with Crippen LogP contribution in [0, 0.1) is 0 Å². The van der Waals surface area contributed by atoms with Gasteiger partial charge in [0.1, 0.15) is 23.6 Å². The molecule has 1 amide bonds. The molecule has 0 saturated carbocycles. The second-order valence-corrected chi connectivity index (χ2v) is 3.30. The van der Waals surface area contributed by atoms with Crippen molar-refractivity contribution in [3.63, 3.8) is 0 Å². The summed E-state index contributed by atoms with van der Waals surface area (Å²) in [6.45, 7) is -0.212. The molecule has 0 fully saturated rings. The standard InChI is InChI=1S/C12H15NO5/c1-16-8-5-4-6-9(17-2)11(8)12(15)13-7-10(14)18-3/h4-6H,7H2,1-3H3,(H,13,15). The number of hydrogen-bond donors (Lipinski definition) is 1. The zero-order valence-corrected chi connectivity index (χ0v) is 10.5. The van der Waals surface area contributed by atoms with Crippen LogP contribution in [-0.2, 0) is 9.53 Å². The lowest BCUT2D eigenvalue weighted by Crippen LogP contribution is -2.30. The van der Waals surface area contributed by atoms with Gasteiger partial charge >= 0.3 is 5.97 Å². The highest BCUT2D eigenvalue weighted by atomic mass is 16.5. The Labute approximate surface area is 105 Å². The Morgan fingerprint density at radius 3 is 2.11 bits per heavy atom. The summed E-state index contributed by atoms with van der Waals surface area (Å²) in [5.41, 5.74) is 0.242. The Kier molecular flexibility index (Phi) is 4.98. The van der Waals surface area contributed by atoms with E-state index in [1.807, 2.05) is 0 Å². The van der Waals surface area contributed by atoms with E-state index in [2.05, 4.69) is 10.1 Å². The van der Waals surface area contributed by atoms with E-state index >= 15 is 0 Å². The summed E-state index contributed by atoms with van der Waals surface area (Å²) < 4.78 is 14.6. The largest absolute Gasteiger partial charge is 0.496 e. The zero-order valence-electron chi connectivity index (χ0n) is 10.5. The molecule has 98 valence electrons. The molecule has 0 atom stereocenters. The number of carbonyl (C=O) groups excluding carboxylic acids is 2. The van der Waals surface area contributed by atoms with E-state index < -0.39 is 11.9 Å². The molecule has 0 aromatic heterocycles. The van der Waals surface area contributed by atoms with Gasteiger partial charge in [0, 0.05) is 0 Å². The first kappa shape index (κ1) is 13.8. The quantitative estimate of drug-likeness (QED) is 0.778. The predicted molar refractivity (Wildman–Crippen MR) is 63.9 cm³/mol. The van der Waals surface area contributed by atoms with Gasteiger partial charge in [-0.2, -0.15) is 0 Å². The molecule has 0 spiro atoms. The average Bonchev–Trinajstić information content (AvgIpc) is 2.43. The Bertz CT molecular complexity index is 422. The van der Waals surface area contributed by atoms with Crippen LogP contribution in [0.4, 0.5) is 0 Å². The smallest absolute Gasteiger partial charge is 0.325 e. The number of nitrogens with one attached hydrogen (secondary N) is 1. The summed E-state index contributed by atoms with van der Waals surface area (Å²) in [6.07, 6.45) is 0. The summed E-state index contributed by atoms with van der Waals surface area (Å²) in [4.78, 5) is 22.9. The van der Waals surface area contributed by atoms with E-state index in [9.17, 15) is 9.59 Å². The maximum absolute atomic E-state index is 11.9. The molecule has 0 unspecified atom stereocenters. The van der Waals surface area contributed by atoms with Crippen LogP contribution < -0.4 is 14.8 Å². The maximum atomic E-state index is 11.9. The van der Waals surface area contributed by atoms with Gasteiger partial charge in [0.2, 0.25) is 0 Å². The molecule has 1 rings (SSSR count). The van der Waals surface area contributed by atoms with Crippen molar-refractivity contribution in [2.24, 2.45) is 0 Å². The highest BCUT2D eigenvalue weighted by molar-refractivity contribution is 6.00. The van der Waals surface area contributed by atoms with Crippen molar-refractivity contribution in [1.82, 2.24) is 5.32 Å². The van der Waals surface area contributed by atoms with Gasteiger partial charge in [-0.15, -0.1) is 0 Å². The van der Waals surface area contributed by atoms with Gasteiger partial charge in [0.25, 0.3) is 5.91 Å². The number of hydrogen-bond acceptors (Lipinski definition) is 5. The summed E-state index contributed by atoms with van der Waals surface area (Å²) >= 11 is 0. The molecule has 0 saturated heterocycles. The lowest BCUT2D eigenvalue weighted by atomic mass is 10.1. The van der Waals surface area contributed by atoms with Crippen LogP contribution in [0.2, 0.25) is 0 Å². The van der Waals surface area contributed by atoms with Crippen LogP contribution in [-0.4, -0.2) is 39.8 Å². The minimum Gasteiger partial charge on any atom is -0.496 e. The van der Waals surface area contributed by atoms with Crippen molar-refractivity contribution >= 4 is 11.9 Å².